The fraction of sp³-hybridized carbons (Fsp3) is 0.250. The Bertz CT molecular complexity index is 846. The number of rotatable bonds is 8. The van der Waals surface area contributed by atoms with Gasteiger partial charge >= 0.3 is 0 Å². The summed E-state index contributed by atoms with van der Waals surface area (Å²) in [6.45, 7) is 15.7. The third kappa shape index (κ3) is 4.92. The maximum atomic E-state index is 7.77. The molecule has 6 heteroatoms. The van der Waals surface area contributed by atoms with E-state index in [-0.39, 0.29) is 0 Å². The molecule has 0 spiro atoms. The van der Waals surface area contributed by atoms with Crippen LogP contribution in [-0.4, -0.2) is 21.5 Å². The molecule has 0 aromatic carbocycles. The summed E-state index contributed by atoms with van der Waals surface area (Å²) in [4.78, 5) is 4.69. The van der Waals surface area contributed by atoms with E-state index in [9.17, 15) is 0 Å². The zero-order chi connectivity index (χ0) is 20.0. The highest BCUT2D eigenvalue weighted by molar-refractivity contribution is 5.96. The molecule has 0 aliphatic heterocycles. The highest BCUT2D eigenvalue weighted by Crippen LogP contribution is 2.23. The first-order chi connectivity index (χ1) is 12.1. The van der Waals surface area contributed by atoms with Crippen molar-refractivity contribution in [2.45, 2.75) is 34.2 Å². The summed E-state index contributed by atoms with van der Waals surface area (Å²) in [5, 5.41) is 15.4. The van der Waals surface area contributed by atoms with E-state index in [2.05, 4.69) is 18.1 Å². The van der Waals surface area contributed by atoms with Crippen molar-refractivity contribution in [3.05, 3.63) is 65.6 Å². The molecule has 1 heterocycles. The van der Waals surface area contributed by atoms with Gasteiger partial charge in [0.25, 0.3) is 0 Å². The number of nitrogens with zero attached hydrogens (tertiary/aromatic N) is 2. The fourth-order valence-corrected chi connectivity index (χ4v) is 2.43. The SMILES string of the molecule is C=C(N)C(=C)/C=C(N)\C(C=N)=C(/C)c1nc(/C(C)=C/C(C)=N)cn1CC. The first-order valence-corrected chi connectivity index (χ1v) is 8.26. The van der Waals surface area contributed by atoms with Crippen LogP contribution < -0.4 is 11.5 Å². The topological polar surface area (TPSA) is 118 Å². The van der Waals surface area contributed by atoms with Crippen molar-refractivity contribution in [1.29, 1.82) is 10.8 Å². The average molecular weight is 352 g/mol. The van der Waals surface area contributed by atoms with Gasteiger partial charge in [-0.05, 0) is 51.0 Å². The third-order valence-electron chi connectivity index (χ3n) is 3.89. The minimum atomic E-state index is 0.329. The highest BCUT2D eigenvalue weighted by atomic mass is 15.1. The Balaban J connectivity index is 3.51. The van der Waals surface area contributed by atoms with Crippen molar-refractivity contribution in [1.82, 2.24) is 9.55 Å². The maximum Gasteiger partial charge on any atom is 0.136 e. The summed E-state index contributed by atoms with van der Waals surface area (Å²) in [6.07, 6.45) is 6.52. The standard InChI is InChI=1S/C20H28N6/c1-7-26-11-19(13(3)8-14(4)22)25-20(26)15(5)17(10-21)18(24)9-12(2)16(6)23/h8-11,21-22H,2,6-7,23-24H2,1,3-5H3/b13-8+,17-15+,18-9+,21-10?,22-14?. The van der Waals surface area contributed by atoms with Crippen molar-refractivity contribution >= 4 is 23.1 Å². The van der Waals surface area contributed by atoms with Crippen molar-refractivity contribution in [2.75, 3.05) is 0 Å². The first kappa shape index (κ1) is 20.9. The predicted octanol–water partition coefficient (Wildman–Crippen LogP) is 3.64. The van der Waals surface area contributed by atoms with Gasteiger partial charge < -0.3 is 26.9 Å². The molecular weight excluding hydrogens is 324 g/mol. The van der Waals surface area contributed by atoms with Crippen molar-refractivity contribution in [3.8, 4) is 0 Å². The number of aromatic nitrogens is 2. The van der Waals surface area contributed by atoms with Gasteiger partial charge in [0.15, 0.2) is 0 Å². The van der Waals surface area contributed by atoms with Gasteiger partial charge in [-0.15, -0.1) is 0 Å². The van der Waals surface area contributed by atoms with Crippen molar-refractivity contribution in [2.24, 2.45) is 11.5 Å². The second-order valence-corrected chi connectivity index (χ2v) is 6.08. The number of hydrogen-bond acceptors (Lipinski definition) is 5. The zero-order valence-corrected chi connectivity index (χ0v) is 16.0. The lowest BCUT2D eigenvalue weighted by Gasteiger charge is -2.10. The van der Waals surface area contributed by atoms with Crippen LogP contribution in [0.5, 0.6) is 0 Å². The quantitative estimate of drug-likeness (QED) is 0.422. The molecular formula is C20H28N6. The summed E-state index contributed by atoms with van der Waals surface area (Å²) in [5.74, 6) is 0.727. The Morgan fingerprint density at radius 1 is 1.23 bits per heavy atom. The second kappa shape index (κ2) is 8.80. The van der Waals surface area contributed by atoms with Gasteiger partial charge in [0.05, 0.1) is 5.69 Å². The van der Waals surface area contributed by atoms with Gasteiger partial charge in [-0.2, -0.15) is 0 Å². The summed E-state index contributed by atoms with van der Waals surface area (Å²) >= 11 is 0. The molecule has 0 atom stereocenters. The molecule has 6 nitrogen and oxygen atoms in total. The number of allylic oxidation sites excluding steroid dienone is 5. The Morgan fingerprint density at radius 2 is 1.85 bits per heavy atom. The van der Waals surface area contributed by atoms with E-state index in [1.54, 1.807) is 19.1 Å². The summed E-state index contributed by atoms with van der Waals surface area (Å²) < 4.78 is 1.99. The minimum Gasteiger partial charge on any atom is -0.399 e. The molecule has 0 saturated carbocycles. The van der Waals surface area contributed by atoms with Crippen LogP contribution in [-0.2, 0) is 6.54 Å². The molecule has 138 valence electrons. The van der Waals surface area contributed by atoms with Gasteiger partial charge in [-0.1, -0.05) is 13.2 Å². The van der Waals surface area contributed by atoms with E-state index < -0.39 is 0 Å². The minimum absolute atomic E-state index is 0.329. The predicted molar refractivity (Wildman–Crippen MR) is 111 cm³/mol. The van der Waals surface area contributed by atoms with E-state index >= 15 is 0 Å². The molecule has 26 heavy (non-hydrogen) atoms. The Labute approximate surface area is 155 Å². The molecule has 0 amide bonds. The smallest absolute Gasteiger partial charge is 0.136 e. The van der Waals surface area contributed by atoms with Crippen LogP contribution in [0.25, 0.3) is 11.1 Å². The van der Waals surface area contributed by atoms with E-state index in [0.717, 1.165) is 29.2 Å². The molecule has 1 aromatic rings. The number of aryl methyl sites for hydroxylation is 1. The van der Waals surface area contributed by atoms with Crippen LogP contribution in [0.4, 0.5) is 0 Å². The summed E-state index contributed by atoms with van der Waals surface area (Å²) in [6, 6.07) is 0. The number of nitrogens with two attached hydrogens (primary N) is 2. The molecule has 6 N–H and O–H groups in total. The van der Waals surface area contributed by atoms with Gasteiger partial charge in [0.2, 0.25) is 0 Å². The average Bonchev–Trinajstić information content (AvgIpc) is 2.99. The van der Waals surface area contributed by atoms with E-state index in [1.165, 1.54) is 6.21 Å². The summed E-state index contributed by atoms with van der Waals surface area (Å²) in [5.41, 5.74) is 16.5. The lowest BCUT2D eigenvalue weighted by Crippen LogP contribution is -2.09. The molecule has 1 rings (SSSR count). The van der Waals surface area contributed by atoms with E-state index in [0.29, 0.717) is 28.3 Å². The van der Waals surface area contributed by atoms with Crippen LogP contribution in [0.2, 0.25) is 0 Å². The molecule has 0 saturated heterocycles. The first-order valence-electron chi connectivity index (χ1n) is 8.26. The number of nitrogens with one attached hydrogen (secondary N) is 2. The maximum absolute atomic E-state index is 7.77. The summed E-state index contributed by atoms with van der Waals surface area (Å²) in [7, 11) is 0. The van der Waals surface area contributed by atoms with Crippen LogP contribution in [0, 0.1) is 10.8 Å². The lowest BCUT2D eigenvalue weighted by molar-refractivity contribution is 0.747. The van der Waals surface area contributed by atoms with Gasteiger partial charge in [-0.3, -0.25) is 0 Å². The highest BCUT2D eigenvalue weighted by Gasteiger charge is 2.14. The largest absolute Gasteiger partial charge is 0.399 e. The Morgan fingerprint density at radius 3 is 2.31 bits per heavy atom. The number of hydrogen-bond donors (Lipinski definition) is 4. The third-order valence-corrected chi connectivity index (χ3v) is 3.89. The van der Waals surface area contributed by atoms with E-state index in [1.807, 2.05) is 31.5 Å². The molecule has 0 aliphatic rings. The normalized spacial score (nSPS) is 13.2. The Kier molecular flexibility index (Phi) is 7.07. The molecule has 0 unspecified atom stereocenters. The molecule has 0 bridgehead atoms. The van der Waals surface area contributed by atoms with Gasteiger partial charge in [0, 0.05) is 47.2 Å². The molecule has 0 radical (unpaired) electrons. The van der Waals surface area contributed by atoms with Gasteiger partial charge in [0.1, 0.15) is 5.82 Å². The Hall–Kier alpha value is -3.15. The molecule has 0 fully saturated rings. The monoisotopic (exact) mass is 352 g/mol. The van der Waals surface area contributed by atoms with Gasteiger partial charge in [-0.25, -0.2) is 4.98 Å². The molecule has 0 aliphatic carbocycles. The zero-order valence-electron chi connectivity index (χ0n) is 16.0. The van der Waals surface area contributed by atoms with E-state index in [4.69, 9.17) is 22.3 Å². The number of imidazole rings is 1. The van der Waals surface area contributed by atoms with Crippen LogP contribution in [0.3, 0.4) is 0 Å². The van der Waals surface area contributed by atoms with Crippen molar-refractivity contribution in [3.63, 3.8) is 0 Å². The second-order valence-electron chi connectivity index (χ2n) is 6.08. The lowest BCUT2D eigenvalue weighted by atomic mass is 10.0. The van der Waals surface area contributed by atoms with Crippen LogP contribution in [0.15, 0.2) is 54.0 Å². The molecule has 1 aromatic heterocycles. The van der Waals surface area contributed by atoms with Crippen LogP contribution in [0.1, 0.15) is 39.2 Å². The van der Waals surface area contributed by atoms with Crippen molar-refractivity contribution < 1.29 is 0 Å². The fourth-order valence-electron chi connectivity index (χ4n) is 2.43. The van der Waals surface area contributed by atoms with Crippen LogP contribution >= 0.6 is 0 Å².